The zero-order valence-electron chi connectivity index (χ0n) is 15.3. The van der Waals surface area contributed by atoms with Crippen LogP contribution in [0.3, 0.4) is 0 Å². The van der Waals surface area contributed by atoms with E-state index in [9.17, 15) is 4.79 Å². The number of nitrogens with one attached hydrogen (secondary N) is 1. The lowest BCUT2D eigenvalue weighted by molar-refractivity contribution is -0.123. The highest BCUT2D eigenvalue weighted by molar-refractivity contribution is 5.78. The summed E-state index contributed by atoms with van der Waals surface area (Å²) in [6.07, 6.45) is 0. The third-order valence-corrected chi connectivity index (χ3v) is 3.77. The van der Waals surface area contributed by atoms with E-state index < -0.39 is 0 Å². The molecule has 0 heterocycles. The van der Waals surface area contributed by atoms with Gasteiger partial charge in [0.1, 0.15) is 12.4 Å². The minimum Gasteiger partial charge on any atom is -0.493 e. The van der Waals surface area contributed by atoms with Crippen molar-refractivity contribution < 1.29 is 24.1 Å². The van der Waals surface area contributed by atoms with Crippen molar-refractivity contribution in [1.82, 2.24) is 5.32 Å². The summed E-state index contributed by atoms with van der Waals surface area (Å²) in [5.41, 5.74) is 1.95. The first-order chi connectivity index (χ1) is 12.5. The molecule has 0 bridgehead atoms. The van der Waals surface area contributed by atoms with Crippen LogP contribution < -0.4 is 19.5 Å². The van der Waals surface area contributed by atoms with Gasteiger partial charge < -0.3 is 24.6 Å². The molecule has 0 aliphatic carbocycles. The monoisotopic (exact) mass is 359 g/mol. The maximum absolute atomic E-state index is 12.1. The van der Waals surface area contributed by atoms with Crippen molar-refractivity contribution in [2.45, 2.75) is 19.9 Å². The molecule has 1 unspecified atom stereocenters. The fourth-order valence-corrected chi connectivity index (χ4v) is 2.45. The van der Waals surface area contributed by atoms with Crippen molar-refractivity contribution in [2.24, 2.45) is 0 Å². The number of carbonyl (C=O) groups excluding carboxylic acids is 1. The van der Waals surface area contributed by atoms with E-state index in [1.165, 1.54) is 0 Å². The Kier molecular flexibility index (Phi) is 7.29. The summed E-state index contributed by atoms with van der Waals surface area (Å²) in [6.45, 7) is 3.92. The number of amides is 1. The molecule has 0 aliphatic heterocycles. The Morgan fingerprint density at radius 2 is 1.96 bits per heavy atom. The van der Waals surface area contributed by atoms with E-state index >= 15 is 0 Å². The van der Waals surface area contributed by atoms with Crippen LogP contribution in [0.2, 0.25) is 0 Å². The molecule has 2 rings (SSSR count). The van der Waals surface area contributed by atoms with Gasteiger partial charge in [-0.15, -0.1) is 0 Å². The van der Waals surface area contributed by atoms with Crippen LogP contribution in [0.1, 0.15) is 24.1 Å². The highest BCUT2D eigenvalue weighted by atomic mass is 16.5. The van der Waals surface area contributed by atoms with E-state index in [2.05, 4.69) is 5.32 Å². The minimum atomic E-state index is -0.218. The maximum atomic E-state index is 12.1. The van der Waals surface area contributed by atoms with Crippen molar-refractivity contribution in [3.05, 3.63) is 53.6 Å². The van der Waals surface area contributed by atoms with Crippen LogP contribution in [-0.2, 0) is 4.79 Å². The van der Waals surface area contributed by atoms with Gasteiger partial charge >= 0.3 is 0 Å². The molecule has 0 saturated carbocycles. The van der Waals surface area contributed by atoms with Crippen molar-refractivity contribution in [3.63, 3.8) is 0 Å². The van der Waals surface area contributed by atoms with E-state index in [1.807, 2.05) is 44.2 Å². The quantitative estimate of drug-likeness (QED) is 0.720. The summed E-state index contributed by atoms with van der Waals surface area (Å²) in [5.74, 6) is 1.55. The van der Waals surface area contributed by atoms with Crippen LogP contribution in [0.15, 0.2) is 42.5 Å². The van der Waals surface area contributed by atoms with E-state index in [0.29, 0.717) is 17.2 Å². The maximum Gasteiger partial charge on any atom is 0.258 e. The van der Waals surface area contributed by atoms with E-state index in [-0.39, 0.29) is 31.8 Å². The second-order valence-corrected chi connectivity index (χ2v) is 5.88. The molecule has 6 nitrogen and oxygen atoms in total. The van der Waals surface area contributed by atoms with Gasteiger partial charge in [0.15, 0.2) is 18.1 Å². The number of methoxy groups -OCH3 is 1. The number of ether oxygens (including phenoxy) is 3. The number of hydrogen-bond acceptors (Lipinski definition) is 5. The minimum absolute atomic E-state index is 0.0530. The number of aliphatic hydroxyl groups is 1. The lowest BCUT2D eigenvalue weighted by atomic mass is 10.1. The van der Waals surface area contributed by atoms with Crippen molar-refractivity contribution in [3.8, 4) is 17.2 Å². The Morgan fingerprint density at radius 1 is 1.15 bits per heavy atom. The van der Waals surface area contributed by atoms with Crippen LogP contribution in [0.4, 0.5) is 0 Å². The number of rotatable bonds is 9. The van der Waals surface area contributed by atoms with Gasteiger partial charge in [-0.05, 0) is 49.2 Å². The van der Waals surface area contributed by atoms with Crippen LogP contribution in [0.25, 0.3) is 0 Å². The molecular weight excluding hydrogens is 334 g/mol. The first-order valence-electron chi connectivity index (χ1n) is 8.44. The fourth-order valence-electron chi connectivity index (χ4n) is 2.45. The fraction of sp³-hybridized carbons (Fsp3) is 0.350. The zero-order chi connectivity index (χ0) is 18.9. The molecule has 6 heteroatoms. The third-order valence-electron chi connectivity index (χ3n) is 3.77. The summed E-state index contributed by atoms with van der Waals surface area (Å²) in [5, 5.41) is 11.8. The largest absolute Gasteiger partial charge is 0.493 e. The Balaban J connectivity index is 1.93. The molecule has 1 atom stereocenters. The zero-order valence-corrected chi connectivity index (χ0v) is 15.3. The number of aryl methyl sites for hydroxylation is 1. The molecule has 0 radical (unpaired) electrons. The van der Waals surface area contributed by atoms with Crippen LogP contribution in [0.5, 0.6) is 17.2 Å². The molecule has 0 saturated heterocycles. The van der Waals surface area contributed by atoms with Crippen LogP contribution >= 0.6 is 0 Å². The Hall–Kier alpha value is -2.73. The van der Waals surface area contributed by atoms with Crippen molar-refractivity contribution in [2.75, 3.05) is 26.9 Å². The molecule has 0 aromatic heterocycles. The molecule has 26 heavy (non-hydrogen) atoms. The number of benzene rings is 2. The summed E-state index contributed by atoms with van der Waals surface area (Å²) >= 11 is 0. The smallest absolute Gasteiger partial charge is 0.258 e. The molecule has 0 aliphatic rings. The van der Waals surface area contributed by atoms with Gasteiger partial charge in [-0.3, -0.25) is 4.79 Å². The second kappa shape index (κ2) is 9.68. The topological polar surface area (TPSA) is 77.0 Å². The predicted octanol–water partition coefficient (Wildman–Crippen LogP) is 2.63. The predicted molar refractivity (Wildman–Crippen MR) is 98.8 cm³/mol. The molecule has 2 aromatic carbocycles. The summed E-state index contributed by atoms with van der Waals surface area (Å²) in [6, 6.07) is 12.8. The first kappa shape index (κ1) is 19.6. The van der Waals surface area contributed by atoms with Gasteiger partial charge in [-0.2, -0.15) is 0 Å². The number of aliphatic hydroxyl groups excluding tert-OH is 1. The van der Waals surface area contributed by atoms with Crippen LogP contribution in [0, 0.1) is 6.92 Å². The number of carbonyl (C=O) groups is 1. The first-order valence-corrected chi connectivity index (χ1v) is 8.44. The van der Waals surface area contributed by atoms with Gasteiger partial charge in [-0.25, -0.2) is 0 Å². The molecule has 0 spiro atoms. The lowest BCUT2D eigenvalue weighted by Gasteiger charge is -2.17. The van der Waals surface area contributed by atoms with Crippen molar-refractivity contribution in [1.29, 1.82) is 0 Å². The van der Waals surface area contributed by atoms with Gasteiger partial charge in [0.05, 0.1) is 19.8 Å². The van der Waals surface area contributed by atoms with Gasteiger partial charge in [0.2, 0.25) is 0 Å². The molecule has 140 valence electrons. The summed E-state index contributed by atoms with van der Waals surface area (Å²) in [4.78, 5) is 12.1. The van der Waals surface area contributed by atoms with E-state index in [0.717, 1.165) is 11.1 Å². The van der Waals surface area contributed by atoms with Gasteiger partial charge in [0.25, 0.3) is 5.91 Å². The standard InChI is InChI=1S/C20H25NO5/c1-14-5-4-6-17(11-14)26-13-20(23)21-15(2)16-7-8-18(25-10-9-22)19(12-16)24-3/h4-8,11-12,15,22H,9-10,13H2,1-3H3,(H,21,23). The highest BCUT2D eigenvalue weighted by Crippen LogP contribution is 2.30. The third kappa shape index (κ3) is 5.67. The van der Waals surface area contributed by atoms with Crippen LogP contribution in [-0.4, -0.2) is 37.9 Å². The molecule has 0 fully saturated rings. The lowest BCUT2D eigenvalue weighted by Crippen LogP contribution is -2.31. The second-order valence-electron chi connectivity index (χ2n) is 5.88. The molecular formula is C20H25NO5. The normalized spacial score (nSPS) is 11.5. The average Bonchev–Trinajstić information content (AvgIpc) is 2.64. The van der Waals surface area contributed by atoms with Gasteiger partial charge in [0, 0.05) is 0 Å². The number of hydrogen-bond donors (Lipinski definition) is 2. The SMILES string of the molecule is COc1cc(C(C)NC(=O)COc2cccc(C)c2)ccc1OCCO. The van der Waals surface area contributed by atoms with Gasteiger partial charge in [-0.1, -0.05) is 18.2 Å². The molecule has 2 aromatic rings. The Labute approximate surface area is 153 Å². The van der Waals surface area contributed by atoms with E-state index in [1.54, 1.807) is 19.2 Å². The Morgan fingerprint density at radius 3 is 2.65 bits per heavy atom. The summed E-state index contributed by atoms with van der Waals surface area (Å²) < 4.78 is 16.2. The average molecular weight is 359 g/mol. The van der Waals surface area contributed by atoms with E-state index in [4.69, 9.17) is 19.3 Å². The summed E-state index contributed by atoms with van der Waals surface area (Å²) in [7, 11) is 1.55. The molecule has 1 amide bonds. The van der Waals surface area contributed by atoms with Crippen molar-refractivity contribution >= 4 is 5.91 Å². The highest BCUT2D eigenvalue weighted by Gasteiger charge is 2.13. The Bertz CT molecular complexity index is 732. The molecule has 2 N–H and O–H groups in total.